The molecule has 5 nitrogen and oxygen atoms in total. The summed E-state index contributed by atoms with van der Waals surface area (Å²) in [4.78, 5) is 0. The number of hydrogen-bond donors (Lipinski definition) is 1. The van der Waals surface area contributed by atoms with E-state index in [1.54, 1.807) is 6.20 Å². The molecule has 1 fully saturated rings. The Hall–Kier alpha value is -0.430. The van der Waals surface area contributed by atoms with Gasteiger partial charge in [-0.25, -0.2) is 0 Å². The van der Waals surface area contributed by atoms with Crippen LogP contribution >= 0.6 is 15.9 Å². The van der Waals surface area contributed by atoms with Crippen molar-refractivity contribution in [1.29, 1.82) is 0 Å². The van der Waals surface area contributed by atoms with Gasteiger partial charge in [-0.15, -0.1) is 0 Å². The number of aliphatic hydroxyl groups is 1. The third-order valence-corrected chi connectivity index (χ3v) is 3.42. The van der Waals surface area contributed by atoms with Crippen molar-refractivity contribution in [2.24, 2.45) is 0 Å². The number of ether oxygens (including phenoxy) is 2. The normalized spacial score (nSPS) is 24.3. The predicted octanol–water partition coefficient (Wildman–Crippen LogP) is 2.11. The maximum absolute atomic E-state index is 9.16. The molecule has 6 heteroatoms. The third-order valence-electron chi connectivity index (χ3n) is 3.01. The van der Waals surface area contributed by atoms with E-state index < -0.39 is 5.79 Å². The molecule has 0 amide bonds. The lowest BCUT2D eigenvalue weighted by atomic mass is 10.1. The van der Waals surface area contributed by atoms with Crippen LogP contribution in [-0.2, 0) is 9.47 Å². The van der Waals surface area contributed by atoms with Gasteiger partial charge in [-0.3, -0.25) is 4.68 Å². The molecule has 1 aromatic rings. The molecule has 0 aromatic carbocycles. The van der Waals surface area contributed by atoms with Gasteiger partial charge < -0.3 is 14.6 Å². The van der Waals surface area contributed by atoms with Crippen LogP contribution in [0.25, 0.3) is 0 Å². The van der Waals surface area contributed by atoms with Gasteiger partial charge in [0.25, 0.3) is 0 Å². The minimum atomic E-state index is -0.501. The number of aliphatic hydroxyl groups excluding tert-OH is 1. The van der Waals surface area contributed by atoms with Crippen LogP contribution in [-0.4, -0.2) is 40.0 Å². The number of halogens is 1. The first-order chi connectivity index (χ1) is 8.50. The highest BCUT2D eigenvalue weighted by molar-refractivity contribution is 9.10. The summed E-state index contributed by atoms with van der Waals surface area (Å²) in [5, 5.41) is 13.4. The molecule has 0 aliphatic carbocycles. The van der Waals surface area contributed by atoms with Gasteiger partial charge in [0.2, 0.25) is 0 Å². The SMILES string of the molecule is CC1(C)OCC(CC(CCO)n2cc(Br)cn2)O1. The molecule has 2 rings (SSSR count). The molecule has 0 saturated carbocycles. The second-order valence-corrected chi connectivity index (χ2v) is 5.91. The molecule has 2 atom stereocenters. The lowest BCUT2D eigenvalue weighted by Gasteiger charge is -2.21. The van der Waals surface area contributed by atoms with Gasteiger partial charge >= 0.3 is 0 Å². The number of rotatable bonds is 5. The maximum atomic E-state index is 9.16. The zero-order chi connectivity index (χ0) is 13.2. The van der Waals surface area contributed by atoms with E-state index in [2.05, 4.69) is 21.0 Å². The van der Waals surface area contributed by atoms with Crippen molar-refractivity contribution < 1.29 is 14.6 Å². The third kappa shape index (κ3) is 3.54. The molecule has 1 aliphatic heterocycles. The predicted molar refractivity (Wildman–Crippen MR) is 70.2 cm³/mol. The van der Waals surface area contributed by atoms with Crippen molar-refractivity contribution >= 4 is 15.9 Å². The smallest absolute Gasteiger partial charge is 0.163 e. The molecular formula is C12H19BrN2O3. The molecule has 2 heterocycles. The summed E-state index contributed by atoms with van der Waals surface area (Å²) in [7, 11) is 0. The van der Waals surface area contributed by atoms with Crippen LogP contribution in [0.1, 0.15) is 32.7 Å². The van der Waals surface area contributed by atoms with Crippen LogP contribution in [0.5, 0.6) is 0 Å². The number of hydrogen-bond acceptors (Lipinski definition) is 4. The first-order valence-corrected chi connectivity index (χ1v) is 6.92. The molecule has 102 valence electrons. The Balaban J connectivity index is 1.99. The first-order valence-electron chi connectivity index (χ1n) is 6.12. The van der Waals surface area contributed by atoms with Gasteiger partial charge in [0.05, 0.1) is 29.4 Å². The highest BCUT2D eigenvalue weighted by atomic mass is 79.9. The van der Waals surface area contributed by atoms with Crippen LogP contribution in [0.4, 0.5) is 0 Å². The van der Waals surface area contributed by atoms with E-state index in [1.165, 1.54) is 0 Å². The first kappa shape index (κ1) is 14.0. The summed E-state index contributed by atoms with van der Waals surface area (Å²) < 4.78 is 14.2. The quantitative estimate of drug-likeness (QED) is 0.903. The topological polar surface area (TPSA) is 56.5 Å². The fraction of sp³-hybridized carbons (Fsp3) is 0.750. The summed E-state index contributed by atoms with van der Waals surface area (Å²) >= 11 is 3.38. The van der Waals surface area contributed by atoms with Crippen LogP contribution in [0.2, 0.25) is 0 Å². The van der Waals surface area contributed by atoms with Crippen molar-refractivity contribution in [3.63, 3.8) is 0 Å². The Labute approximate surface area is 115 Å². The zero-order valence-electron chi connectivity index (χ0n) is 10.7. The summed E-state index contributed by atoms with van der Waals surface area (Å²) in [6.45, 7) is 4.56. The van der Waals surface area contributed by atoms with Crippen molar-refractivity contribution in [2.45, 2.75) is 44.6 Å². The Morgan fingerprint density at radius 1 is 1.67 bits per heavy atom. The van der Waals surface area contributed by atoms with Crippen molar-refractivity contribution in [1.82, 2.24) is 9.78 Å². The largest absolute Gasteiger partial charge is 0.396 e. The average molecular weight is 319 g/mol. The second-order valence-electron chi connectivity index (χ2n) is 4.99. The van der Waals surface area contributed by atoms with Crippen molar-refractivity contribution in [3.8, 4) is 0 Å². The van der Waals surface area contributed by atoms with Gasteiger partial charge in [0.1, 0.15) is 0 Å². The van der Waals surface area contributed by atoms with Crippen molar-refractivity contribution in [2.75, 3.05) is 13.2 Å². The Morgan fingerprint density at radius 3 is 2.94 bits per heavy atom. The molecule has 0 radical (unpaired) electrons. The van der Waals surface area contributed by atoms with E-state index in [0.717, 1.165) is 10.9 Å². The molecule has 18 heavy (non-hydrogen) atoms. The second kappa shape index (κ2) is 5.69. The average Bonchev–Trinajstić information content (AvgIpc) is 2.84. The standard InChI is InChI=1S/C12H19BrN2O3/c1-12(2)17-8-11(18-12)5-10(3-4-16)15-7-9(13)6-14-15/h6-7,10-11,16H,3-5,8H2,1-2H3. The molecule has 0 bridgehead atoms. The van der Waals surface area contributed by atoms with Crippen molar-refractivity contribution in [3.05, 3.63) is 16.9 Å². The van der Waals surface area contributed by atoms with Gasteiger partial charge in [-0.2, -0.15) is 5.10 Å². The fourth-order valence-corrected chi connectivity index (χ4v) is 2.51. The number of nitrogens with zero attached hydrogens (tertiary/aromatic N) is 2. The van der Waals surface area contributed by atoms with Gasteiger partial charge in [0, 0.05) is 12.8 Å². The molecule has 2 unspecified atom stereocenters. The highest BCUT2D eigenvalue weighted by Crippen LogP contribution is 2.29. The van der Waals surface area contributed by atoms with E-state index in [4.69, 9.17) is 14.6 Å². The molecule has 1 N–H and O–H groups in total. The number of aromatic nitrogens is 2. The van der Waals surface area contributed by atoms with E-state index in [0.29, 0.717) is 13.0 Å². The van der Waals surface area contributed by atoms with Crippen LogP contribution in [0, 0.1) is 0 Å². The molecule has 1 aliphatic rings. The van der Waals surface area contributed by atoms with Crippen LogP contribution in [0.3, 0.4) is 0 Å². The minimum absolute atomic E-state index is 0.0551. The van der Waals surface area contributed by atoms with Gasteiger partial charge in [0.15, 0.2) is 5.79 Å². The lowest BCUT2D eigenvalue weighted by Crippen LogP contribution is -2.24. The molecular weight excluding hydrogens is 300 g/mol. The summed E-state index contributed by atoms with van der Waals surface area (Å²) in [6.07, 6.45) is 5.17. The minimum Gasteiger partial charge on any atom is -0.396 e. The maximum Gasteiger partial charge on any atom is 0.163 e. The van der Waals surface area contributed by atoms with E-state index >= 15 is 0 Å². The Bertz CT molecular complexity index is 394. The summed E-state index contributed by atoms with van der Waals surface area (Å²) in [5.41, 5.74) is 0. The summed E-state index contributed by atoms with van der Waals surface area (Å²) in [6, 6.07) is 0.129. The Morgan fingerprint density at radius 2 is 2.44 bits per heavy atom. The molecule has 1 saturated heterocycles. The summed E-state index contributed by atoms with van der Waals surface area (Å²) in [5.74, 6) is -0.501. The van der Waals surface area contributed by atoms with E-state index in [9.17, 15) is 0 Å². The van der Waals surface area contributed by atoms with Crippen LogP contribution in [0.15, 0.2) is 16.9 Å². The Kier molecular flexibility index (Phi) is 4.42. The van der Waals surface area contributed by atoms with E-state index in [-0.39, 0.29) is 18.8 Å². The fourth-order valence-electron chi connectivity index (χ4n) is 2.20. The highest BCUT2D eigenvalue weighted by Gasteiger charge is 2.34. The molecule has 1 aromatic heterocycles. The van der Waals surface area contributed by atoms with Gasteiger partial charge in [-0.05, 0) is 42.6 Å². The van der Waals surface area contributed by atoms with Gasteiger partial charge in [-0.1, -0.05) is 0 Å². The monoisotopic (exact) mass is 318 g/mol. The van der Waals surface area contributed by atoms with E-state index in [1.807, 2.05) is 24.7 Å². The lowest BCUT2D eigenvalue weighted by molar-refractivity contribution is -0.140. The zero-order valence-corrected chi connectivity index (χ0v) is 12.3. The van der Waals surface area contributed by atoms with Crippen LogP contribution < -0.4 is 0 Å². The molecule has 0 spiro atoms.